The molecule has 1 unspecified atom stereocenters. The summed E-state index contributed by atoms with van der Waals surface area (Å²) in [5.74, 6) is -1.29. The van der Waals surface area contributed by atoms with E-state index in [1.54, 1.807) is 43.5 Å². The standard InChI is InChI=1S/C29H27Cl2NO5/c1-29(2,3)17-8-10-19(11-9-17)32-24(16-6-12-20(36-4)13-7-16)23(26(34)28(32)35)25(33)21-14-18(30)15-22(31)27(21)37-5/h6-15,24,33H,1-5H3/b25-23+. The zero-order chi connectivity index (χ0) is 27.1. The number of anilines is 1. The second kappa shape index (κ2) is 10.1. The number of hydrogen-bond acceptors (Lipinski definition) is 5. The van der Waals surface area contributed by atoms with Crippen LogP contribution in [0.1, 0.15) is 43.5 Å². The lowest BCUT2D eigenvalue weighted by Gasteiger charge is -2.27. The molecular formula is C29H27Cl2NO5. The lowest BCUT2D eigenvalue weighted by atomic mass is 9.87. The number of benzene rings is 3. The molecule has 6 nitrogen and oxygen atoms in total. The summed E-state index contributed by atoms with van der Waals surface area (Å²) in [7, 11) is 2.94. The molecule has 1 heterocycles. The molecule has 0 aromatic heterocycles. The van der Waals surface area contributed by atoms with E-state index in [4.69, 9.17) is 32.7 Å². The smallest absolute Gasteiger partial charge is 0.300 e. The molecule has 1 aliphatic heterocycles. The van der Waals surface area contributed by atoms with Gasteiger partial charge in [-0.1, -0.05) is 68.2 Å². The molecule has 3 aromatic rings. The Kier molecular flexibility index (Phi) is 7.27. The second-order valence-electron chi connectivity index (χ2n) is 9.71. The van der Waals surface area contributed by atoms with Gasteiger partial charge in [0.1, 0.15) is 17.3 Å². The first kappa shape index (κ1) is 26.6. The van der Waals surface area contributed by atoms with Crippen LogP contribution in [0, 0.1) is 0 Å². The Labute approximate surface area is 226 Å². The van der Waals surface area contributed by atoms with Crippen molar-refractivity contribution in [2.45, 2.75) is 32.2 Å². The first-order valence-corrected chi connectivity index (χ1v) is 12.3. The van der Waals surface area contributed by atoms with E-state index in [-0.39, 0.29) is 32.3 Å². The molecule has 0 bridgehead atoms. The van der Waals surface area contributed by atoms with Crippen LogP contribution in [0.15, 0.2) is 66.2 Å². The van der Waals surface area contributed by atoms with Gasteiger partial charge in [-0.05, 0) is 52.9 Å². The maximum atomic E-state index is 13.5. The van der Waals surface area contributed by atoms with Crippen LogP contribution in [0.2, 0.25) is 10.0 Å². The van der Waals surface area contributed by atoms with E-state index >= 15 is 0 Å². The van der Waals surface area contributed by atoms with E-state index in [0.29, 0.717) is 17.0 Å². The van der Waals surface area contributed by atoms with Gasteiger partial charge in [0.25, 0.3) is 11.7 Å². The van der Waals surface area contributed by atoms with Crippen molar-refractivity contribution in [1.29, 1.82) is 0 Å². The van der Waals surface area contributed by atoms with Crippen molar-refractivity contribution >= 4 is 46.3 Å². The number of rotatable bonds is 5. The van der Waals surface area contributed by atoms with Crippen molar-refractivity contribution in [2.75, 3.05) is 19.1 Å². The van der Waals surface area contributed by atoms with E-state index < -0.39 is 23.5 Å². The minimum atomic E-state index is -0.922. The van der Waals surface area contributed by atoms with Crippen LogP contribution in [-0.4, -0.2) is 31.0 Å². The second-order valence-corrected chi connectivity index (χ2v) is 10.6. The van der Waals surface area contributed by atoms with Crippen molar-refractivity contribution in [1.82, 2.24) is 0 Å². The number of hydrogen-bond donors (Lipinski definition) is 1. The maximum Gasteiger partial charge on any atom is 0.300 e. The molecule has 1 saturated heterocycles. The molecule has 4 rings (SSSR count). The minimum Gasteiger partial charge on any atom is -0.507 e. The number of carbonyl (C=O) groups is 2. The molecule has 1 N–H and O–H groups in total. The molecule has 8 heteroatoms. The van der Waals surface area contributed by atoms with Crippen LogP contribution in [0.5, 0.6) is 11.5 Å². The molecule has 3 aromatic carbocycles. The third-order valence-electron chi connectivity index (χ3n) is 6.36. The van der Waals surface area contributed by atoms with Gasteiger partial charge < -0.3 is 14.6 Å². The van der Waals surface area contributed by atoms with Crippen LogP contribution >= 0.6 is 23.2 Å². The number of carbonyl (C=O) groups excluding carboxylic acids is 2. The lowest BCUT2D eigenvalue weighted by Crippen LogP contribution is -2.29. The molecule has 192 valence electrons. The fourth-order valence-corrected chi connectivity index (χ4v) is 4.98. The van der Waals surface area contributed by atoms with Gasteiger partial charge in [0.15, 0.2) is 0 Å². The number of ketones is 1. The van der Waals surface area contributed by atoms with Crippen molar-refractivity contribution in [2.24, 2.45) is 0 Å². The van der Waals surface area contributed by atoms with E-state index in [9.17, 15) is 14.7 Å². The summed E-state index contributed by atoms with van der Waals surface area (Å²) in [6, 6.07) is 16.4. The Morgan fingerprint density at radius 2 is 1.54 bits per heavy atom. The Balaban J connectivity index is 1.96. The van der Waals surface area contributed by atoms with Crippen LogP contribution < -0.4 is 14.4 Å². The molecule has 1 atom stereocenters. The third kappa shape index (κ3) is 4.91. The number of ether oxygens (including phenoxy) is 2. The number of amides is 1. The predicted octanol–water partition coefficient (Wildman–Crippen LogP) is 6.93. The Hall–Kier alpha value is -3.48. The van der Waals surface area contributed by atoms with Crippen molar-refractivity contribution in [3.63, 3.8) is 0 Å². The highest BCUT2D eigenvalue weighted by Gasteiger charge is 2.47. The third-order valence-corrected chi connectivity index (χ3v) is 6.85. The zero-order valence-corrected chi connectivity index (χ0v) is 22.6. The number of methoxy groups -OCH3 is 2. The summed E-state index contributed by atoms with van der Waals surface area (Å²) in [6.45, 7) is 6.28. The van der Waals surface area contributed by atoms with Gasteiger partial charge in [-0.3, -0.25) is 14.5 Å². The number of Topliss-reactive ketones (excluding diaryl/α,β-unsaturated/α-hetero) is 1. The van der Waals surface area contributed by atoms with E-state index in [2.05, 4.69) is 20.8 Å². The summed E-state index contributed by atoms with van der Waals surface area (Å²) in [5, 5.41) is 11.9. The van der Waals surface area contributed by atoms with Gasteiger partial charge in [0, 0.05) is 10.7 Å². The Bertz CT molecular complexity index is 1390. The SMILES string of the molecule is COc1ccc(C2/C(=C(\O)c3cc(Cl)cc(Cl)c3OC)C(=O)C(=O)N2c2ccc(C(C)(C)C)cc2)cc1. The predicted molar refractivity (Wildman–Crippen MR) is 146 cm³/mol. The van der Waals surface area contributed by atoms with Gasteiger partial charge in [0.05, 0.1) is 36.4 Å². The van der Waals surface area contributed by atoms with E-state index in [1.807, 2.05) is 12.1 Å². The monoisotopic (exact) mass is 539 g/mol. The average molecular weight is 540 g/mol. The summed E-state index contributed by atoms with van der Waals surface area (Å²) in [4.78, 5) is 28.3. The van der Waals surface area contributed by atoms with Gasteiger partial charge in [-0.2, -0.15) is 0 Å². The first-order chi connectivity index (χ1) is 17.5. The average Bonchev–Trinajstić information content (AvgIpc) is 3.13. The van der Waals surface area contributed by atoms with Crippen molar-refractivity contribution < 1.29 is 24.2 Å². The number of aliphatic hydroxyl groups is 1. The highest BCUT2D eigenvalue weighted by molar-refractivity contribution is 6.52. The topological polar surface area (TPSA) is 76.1 Å². The molecule has 0 radical (unpaired) electrons. The van der Waals surface area contributed by atoms with E-state index in [0.717, 1.165) is 5.56 Å². The van der Waals surface area contributed by atoms with Gasteiger partial charge >= 0.3 is 0 Å². The lowest BCUT2D eigenvalue weighted by molar-refractivity contribution is -0.132. The highest BCUT2D eigenvalue weighted by Crippen LogP contribution is 2.45. The Morgan fingerprint density at radius 3 is 2.08 bits per heavy atom. The maximum absolute atomic E-state index is 13.5. The Morgan fingerprint density at radius 1 is 0.919 bits per heavy atom. The summed E-state index contributed by atoms with van der Waals surface area (Å²) in [6.07, 6.45) is 0. The molecule has 1 aliphatic rings. The van der Waals surface area contributed by atoms with E-state index in [1.165, 1.54) is 24.1 Å². The molecular weight excluding hydrogens is 513 g/mol. The minimum absolute atomic E-state index is 0.0928. The van der Waals surface area contributed by atoms with Crippen LogP contribution in [0.3, 0.4) is 0 Å². The quantitative estimate of drug-likeness (QED) is 0.216. The zero-order valence-electron chi connectivity index (χ0n) is 21.1. The molecule has 0 aliphatic carbocycles. The largest absolute Gasteiger partial charge is 0.507 e. The van der Waals surface area contributed by atoms with Crippen LogP contribution in [0.4, 0.5) is 5.69 Å². The highest BCUT2D eigenvalue weighted by atomic mass is 35.5. The summed E-state index contributed by atoms with van der Waals surface area (Å²) < 4.78 is 10.7. The molecule has 1 amide bonds. The van der Waals surface area contributed by atoms with Crippen molar-refractivity contribution in [3.8, 4) is 11.5 Å². The molecule has 0 spiro atoms. The molecule has 37 heavy (non-hydrogen) atoms. The van der Waals surface area contributed by atoms with Crippen LogP contribution in [-0.2, 0) is 15.0 Å². The summed E-state index contributed by atoms with van der Waals surface area (Å²) in [5.41, 5.74) is 2.11. The van der Waals surface area contributed by atoms with Gasteiger partial charge in [-0.25, -0.2) is 0 Å². The normalized spacial score (nSPS) is 17.3. The van der Waals surface area contributed by atoms with Crippen molar-refractivity contribution in [3.05, 3.63) is 93.0 Å². The first-order valence-electron chi connectivity index (χ1n) is 11.6. The fraction of sp³-hybridized carbons (Fsp3) is 0.241. The fourth-order valence-electron chi connectivity index (χ4n) is 4.41. The number of halogens is 2. The number of nitrogens with zero attached hydrogens (tertiary/aromatic N) is 1. The molecule has 0 saturated carbocycles. The van der Waals surface area contributed by atoms with Gasteiger partial charge in [-0.15, -0.1) is 0 Å². The van der Waals surface area contributed by atoms with Crippen LogP contribution in [0.25, 0.3) is 5.76 Å². The van der Waals surface area contributed by atoms with Gasteiger partial charge in [0.2, 0.25) is 0 Å². The molecule has 1 fully saturated rings. The summed E-state index contributed by atoms with van der Waals surface area (Å²) >= 11 is 12.5. The number of aliphatic hydroxyl groups excluding tert-OH is 1.